The highest BCUT2D eigenvalue weighted by Gasteiger charge is 2.42. The molecule has 1 heterocycles. The van der Waals surface area contributed by atoms with Crippen LogP contribution in [-0.4, -0.2) is 95.6 Å². The van der Waals surface area contributed by atoms with Crippen LogP contribution < -0.4 is 0 Å². The summed E-state index contributed by atoms with van der Waals surface area (Å²) < 4.78 is 21.2. The summed E-state index contributed by atoms with van der Waals surface area (Å²) in [5.41, 5.74) is 0. The first kappa shape index (κ1) is 34.6. The van der Waals surface area contributed by atoms with Crippen molar-refractivity contribution in [3.8, 4) is 0 Å². The smallest absolute Gasteiger partial charge is 0.378 e. The molecule has 38 heavy (non-hydrogen) atoms. The van der Waals surface area contributed by atoms with Gasteiger partial charge in [-0.3, -0.25) is 0 Å². The molecule has 0 aliphatic carbocycles. The molecule has 0 fully saturated rings. The van der Waals surface area contributed by atoms with Gasteiger partial charge in [0.2, 0.25) is 5.76 Å². The van der Waals surface area contributed by atoms with Gasteiger partial charge in [-0.25, -0.2) is 4.79 Å². The number of aliphatic hydroxyl groups is 5. The molecular formula is C28H52O10. The predicted molar refractivity (Wildman–Crippen MR) is 142 cm³/mol. The molecule has 0 saturated heterocycles. The summed E-state index contributed by atoms with van der Waals surface area (Å²) in [7, 11) is 0. The quantitative estimate of drug-likeness (QED) is 0.0805. The minimum absolute atomic E-state index is 0.0349. The summed E-state index contributed by atoms with van der Waals surface area (Å²) in [6.07, 6.45) is 12.9. The number of cyclic esters (lactones) is 1. The molecule has 1 aliphatic heterocycles. The Kier molecular flexibility index (Phi) is 20.4. The first-order valence-electron chi connectivity index (χ1n) is 14.5. The zero-order valence-electron chi connectivity index (χ0n) is 23.2. The molecule has 0 amide bonds. The maximum atomic E-state index is 12.1. The Labute approximate surface area is 227 Å². The maximum absolute atomic E-state index is 12.1. The molecule has 0 aromatic carbocycles. The Balaban J connectivity index is 2.15. The van der Waals surface area contributed by atoms with Gasteiger partial charge < -0.3 is 44.5 Å². The number of hydrogen-bond acceptors (Lipinski definition) is 10. The highest BCUT2D eigenvalue weighted by atomic mass is 16.6. The molecule has 0 saturated carbocycles. The SMILES string of the molecule is CCCCCCCCCCCCCCCCOCC(O)COC1=C(OCC(O)CO)C(=O)O[C@@H]1[C@@H](O)CO. The van der Waals surface area contributed by atoms with E-state index >= 15 is 0 Å². The second-order valence-electron chi connectivity index (χ2n) is 10.1. The summed E-state index contributed by atoms with van der Waals surface area (Å²) in [5, 5.41) is 47.7. The molecule has 10 nitrogen and oxygen atoms in total. The van der Waals surface area contributed by atoms with Crippen molar-refractivity contribution in [2.75, 3.05) is 39.6 Å². The molecule has 0 bridgehead atoms. The van der Waals surface area contributed by atoms with Gasteiger partial charge in [0, 0.05) is 6.61 Å². The monoisotopic (exact) mass is 548 g/mol. The summed E-state index contributed by atoms with van der Waals surface area (Å²) in [6, 6.07) is 0. The van der Waals surface area contributed by atoms with Crippen LogP contribution in [-0.2, 0) is 23.7 Å². The van der Waals surface area contributed by atoms with Crippen molar-refractivity contribution in [2.45, 2.75) is 121 Å². The summed E-state index contributed by atoms with van der Waals surface area (Å²) in [5.74, 6) is -1.51. The number of rotatable bonds is 26. The van der Waals surface area contributed by atoms with E-state index in [4.69, 9.17) is 24.1 Å². The lowest BCUT2D eigenvalue weighted by atomic mass is 10.0. The molecule has 5 N–H and O–H groups in total. The Bertz CT molecular complexity index is 627. The van der Waals surface area contributed by atoms with Crippen LogP contribution >= 0.6 is 0 Å². The van der Waals surface area contributed by atoms with Crippen molar-refractivity contribution in [1.82, 2.24) is 0 Å². The molecule has 1 rings (SSSR count). The zero-order valence-corrected chi connectivity index (χ0v) is 23.2. The Morgan fingerprint density at radius 2 is 1.24 bits per heavy atom. The predicted octanol–water partition coefficient (Wildman–Crippen LogP) is 2.72. The largest absolute Gasteiger partial charge is 0.487 e. The standard InChI is InChI=1S/C28H52O10/c1-2-3-4-5-6-7-8-9-10-11-12-13-14-15-16-35-19-23(32)21-36-26-25(24(33)18-30)38-28(34)27(26)37-20-22(31)17-29/h22-25,29-33H,2-21H2,1H3/t22?,23?,24-,25+/m0/s1. The minimum atomic E-state index is -1.45. The molecule has 0 aromatic heterocycles. The van der Waals surface area contributed by atoms with Gasteiger partial charge in [-0.1, -0.05) is 90.4 Å². The van der Waals surface area contributed by atoms with E-state index < -0.39 is 50.2 Å². The van der Waals surface area contributed by atoms with Crippen LogP contribution in [0.4, 0.5) is 0 Å². The molecule has 2 unspecified atom stereocenters. The molecule has 224 valence electrons. The van der Waals surface area contributed by atoms with Crippen LogP contribution in [0, 0.1) is 0 Å². The van der Waals surface area contributed by atoms with E-state index in [9.17, 15) is 25.2 Å². The average molecular weight is 549 g/mol. The second-order valence-corrected chi connectivity index (χ2v) is 10.1. The van der Waals surface area contributed by atoms with Gasteiger partial charge in [0.1, 0.15) is 31.5 Å². The van der Waals surface area contributed by atoms with Crippen LogP contribution in [0.1, 0.15) is 96.8 Å². The summed E-state index contributed by atoms with van der Waals surface area (Å²) in [6.45, 7) is 0.889. The van der Waals surface area contributed by atoms with E-state index in [1.807, 2.05) is 0 Å². The highest BCUT2D eigenvalue weighted by molar-refractivity contribution is 5.89. The van der Waals surface area contributed by atoms with Gasteiger partial charge in [0.25, 0.3) is 0 Å². The molecule has 0 spiro atoms. The van der Waals surface area contributed by atoms with E-state index in [-0.39, 0.29) is 24.7 Å². The molecular weight excluding hydrogens is 496 g/mol. The number of hydrogen-bond donors (Lipinski definition) is 5. The maximum Gasteiger partial charge on any atom is 0.378 e. The number of ether oxygens (including phenoxy) is 4. The van der Waals surface area contributed by atoms with Crippen LogP contribution in [0.3, 0.4) is 0 Å². The van der Waals surface area contributed by atoms with Gasteiger partial charge in [0.05, 0.1) is 19.8 Å². The number of aliphatic hydroxyl groups excluding tert-OH is 5. The lowest BCUT2D eigenvalue weighted by Crippen LogP contribution is -2.33. The van der Waals surface area contributed by atoms with E-state index in [0.717, 1.165) is 12.8 Å². The van der Waals surface area contributed by atoms with E-state index in [1.165, 1.54) is 77.0 Å². The number of esters is 1. The fourth-order valence-corrected chi connectivity index (χ4v) is 4.16. The van der Waals surface area contributed by atoms with Crippen molar-refractivity contribution >= 4 is 5.97 Å². The zero-order chi connectivity index (χ0) is 28.0. The summed E-state index contributed by atoms with van der Waals surface area (Å²) >= 11 is 0. The third kappa shape index (κ3) is 15.2. The van der Waals surface area contributed by atoms with Crippen LogP contribution in [0.5, 0.6) is 0 Å². The van der Waals surface area contributed by atoms with Crippen molar-refractivity contribution in [3.05, 3.63) is 11.5 Å². The fourth-order valence-electron chi connectivity index (χ4n) is 4.16. The number of carbonyl (C=O) groups is 1. The molecule has 10 heteroatoms. The van der Waals surface area contributed by atoms with Crippen molar-refractivity contribution in [2.24, 2.45) is 0 Å². The minimum Gasteiger partial charge on any atom is -0.487 e. The third-order valence-corrected chi connectivity index (χ3v) is 6.45. The Morgan fingerprint density at radius 1 is 0.711 bits per heavy atom. The lowest BCUT2D eigenvalue weighted by Gasteiger charge is -2.20. The van der Waals surface area contributed by atoms with Crippen LogP contribution in [0.25, 0.3) is 0 Å². The summed E-state index contributed by atoms with van der Waals surface area (Å²) in [4.78, 5) is 12.1. The first-order chi connectivity index (χ1) is 18.4. The molecule has 0 radical (unpaired) electrons. The second kappa shape index (κ2) is 22.4. The van der Waals surface area contributed by atoms with Gasteiger partial charge in [-0.05, 0) is 6.42 Å². The topological polar surface area (TPSA) is 155 Å². The van der Waals surface area contributed by atoms with Crippen LogP contribution in [0.2, 0.25) is 0 Å². The third-order valence-electron chi connectivity index (χ3n) is 6.45. The van der Waals surface area contributed by atoms with E-state index in [1.54, 1.807) is 0 Å². The van der Waals surface area contributed by atoms with Gasteiger partial charge in [-0.2, -0.15) is 0 Å². The Hall–Kier alpha value is -1.43. The first-order valence-corrected chi connectivity index (χ1v) is 14.5. The number of unbranched alkanes of at least 4 members (excludes halogenated alkanes) is 13. The molecule has 1 aliphatic rings. The van der Waals surface area contributed by atoms with E-state index in [0.29, 0.717) is 6.61 Å². The molecule has 0 aromatic rings. The normalized spacial score (nSPS) is 17.9. The lowest BCUT2D eigenvalue weighted by molar-refractivity contribution is -0.149. The van der Waals surface area contributed by atoms with Crippen molar-refractivity contribution < 1.29 is 49.3 Å². The van der Waals surface area contributed by atoms with Crippen molar-refractivity contribution in [1.29, 1.82) is 0 Å². The van der Waals surface area contributed by atoms with Gasteiger partial charge in [0.15, 0.2) is 11.9 Å². The van der Waals surface area contributed by atoms with Crippen molar-refractivity contribution in [3.63, 3.8) is 0 Å². The van der Waals surface area contributed by atoms with Gasteiger partial charge in [-0.15, -0.1) is 0 Å². The average Bonchev–Trinajstić information content (AvgIpc) is 3.24. The Morgan fingerprint density at radius 3 is 1.76 bits per heavy atom. The van der Waals surface area contributed by atoms with E-state index in [2.05, 4.69) is 6.92 Å². The highest BCUT2D eigenvalue weighted by Crippen LogP contribution is 2.27. The molecule has 4 atom stereocenters. The number of carbonyl (C=O) groups excluding carboxylic acids is 1. The van der Waals surface area contributed by atoms with Gasteiger partial charge >= 0.3 is 5.97 Å². The fraction of sp³-hybridized carbons (Fsp3) is 0.893. The van der Waals surface area contributed by atoms with Crippen LogP contribution in [0.15, 0.2) is 11.5 Å².